The Bertz CT molecular complexity index is 1330. The molecule has 0 heterocycles. The zero-order valence-corrected chi connectivity index (χ0v) is 19.8. The molecule has 0 saturated heterocycles. The van der Waals surface area contributed by atoms with Gasteiger partial charge in [-0.3, -0.25) is 0 Å². The second kappa shape index (κ2) is 9.98. The first-order valence-corrected chi connectivity index (χ1v) is 11.2. The largest absolute Gasteiger partial charge is 0.497 e. The lowest BCUT2D eigenvalue weighted by Crippen LogP contribution is -2.22. The summed E-state index contributed by atoms with van der Waals surface area (Å²) in [5.74, 6) is 0.365. The van der Waals surface area contributed by atoms with E-state index < -0.39 is 5.97 Å². The van der Waals surface area contributed by atoms with Crippen molar-refractivity contribution in [1.29, 1.82) is 0 Å². The molecule has 5 heteroatoms. The van der Waals surface area contributed by atoms with Gasteiger partial charge in [-0.2, -0.15) is 0 Å². The molecule has 0 radical (unpaired) electrons. The first-order chi connectivity index (χ1) is 16.4. The Morgan fingerprint density at radius 2 is 1.53 bits per heavy atom. The SMILES string of the molecule is COc1cc(C(=O)O)cc(-c2cc(C(C)N[C@H](C)c3cccc(OC)c3)cc3ccccc23)c1. The Hall–Kier alpha value is -3.83. The van der Waals surface area contributed by atoms with Crippen LogP contribution in [0.5, 0.6) is 11.5 Å². The average molecular weight is 456 g/mol. The number of carbonyl (C=O) groups is 1. The number of ether oxygens (including phenoxy) is 2. The van der Waals surface area contributed by atoms with Crippen molar-refractivity contribution < 1.29 is 19.4 Å². The highest BCUT2D eigenvalue weighted by molar-refractivity contribution is 5.99. The molecule has 0 aliphatic rings. The van der Waals surface area contributed by atoms with Crippen LogP contribution < -0.4 is 14.8 Å². The van der Waals surface area contributed by atoms with E-state index in [1.54, 1.807) is 20.3 Å². The van der Waals surface area contributed by atoms with Crippen molar-refractivity contribution in [2.75, 3.05) is 14.2 Å². The molecule has 0 amide bonds. The third-order valence-corrected chi connectivity index (χ3v) is 6.18. The topological polar surface area (TPSA) is 67.8 Å². The summed E-state index contributed by atoms with van der Waals surface area (Å²) in [6.45, 7) is 4.27. The molecule has 174 valence electrons. The molecule has 4 rings (SSSR count). The number of fused-ring (bicyclic) bond motifs is 1. The molecule has 0 saturated carbocycles. The predicted octanol–water partition coefficient (Wildman–Crippen LogP) is 6.63. The molecule has 4 aromatic rings. The predicted molar refractivity (Wildman–Crippen MR) is 136 cm³/mol. The van der Waals surface area contributed by atoms with Crippen molar-refractivity contribution in [3.63, 3.8) is 0 Å². The summed E-state index contributed by atoms with van der Waals surface area (Å²) >= 11 is 0. The van der Waals surface area contributed by atoms with Crippen LogP contribution in [-0.2, 0) is 0 Å². The zero-order chi connectivity index (χ0) is 24.2. The number of nitrogens with one attached hydrogen (secondary N) is 1. The Balaban J connectivity index is 1.76. The lowest BCUT2D eigenvalue weighted by molar-refractivity contribution is 0.0696. The summed E-state index contributed by atoms with van der Waals surface area (Å²) in [6.07, 6.45) is 0. The van der Waals surface area contributed by atoms with Gasteiger partial charge in [0.1, 0.15) is 11.5 Å². The van der Waals surface area contributed by atoms with Gasteiger partial charge in [0.25, 0.3) is 0 Å². The van der Waals surface area contributed by atoms with Crippen LogP contribution in [0.2, 0.25) is 0 Å². The van der Waals surface area contributed by atoms with E-state index in [0.717, 1.165) is 38.8 Å². The summed E-state index contributed by atoms with van der Waals surface area (Å²) in [4.78, 5) is 11.7. The molecular weight excluding hydrogens is 426 g/mol. The molecule has 5 nitrogen and oxygen atoms in total. The number of hydrogen-bond donors (Lipinski definition) is 2. The molecule has 0 spiro atoms. The number of aromatic carboxylic acids is 1. The minimum Gasteiger partial charge on any atom is -0.497 e. The molecule has 1 unspecified atom stereocenters. The molecule has 0 aliphatic heterocycles. The van der Waals surface area contributed by atoms with E-state index in [1.807, 2.05) is 36.4 Å². The fourth-order valence-electron chi connectivity index (χ4n) is 4.30. The van der Waals surface area contributed by atoms with E-state index in [-0.39, 0.29) is 17.6 Å². The van der Waals surface area contributed by atoms with Crippen molar-refractivity contribution in [1.82, 2.24) is 5.32 Å². The first kappa shape index (κ1) is 23.3. The van der Waals surface area contributed by atoms with Crippen molar-refractivity contribution >= 4 is 16.7 Å². The van der Waals surface area contributed by atoms with E-state index in [2.05, 4.69) is 49.5 Å². The molecule has 2 atom stereocenters. The van der Waals surface area contributed by atoms with Gasteiger partial charge >= 0.3 is 5.97 Å². The molecule has 0 aliphatic carbocycles. The minimum atomic E-state index is -0.984. The van der Waals surface area contributed by atoms with Crippen molar-refractivity contribution in [2.24, 2.45) is 0 Å². The van der Waals surface area contributed by atoms with Gasteiger partial charge in [0.05, 0.1) is 19.8 Å². The number of methoxy groups -OCH3 is 2. The van der Waals surface area contributed by atoms with Gasteiger partial charge in [-0.15, -0.1) is 0 Å². The lowest BCUT2D eigenvalue weighted by atomic mass is 9.92. The minimum absolute atomic E-state index is 0.0501. The monoisotopic (exact) mass is 455 g/mol. The third kappa shape index (κ3) is 4.90. The van der Waals surface area contributed by atoms with Gasteiger partial charge in [-0.25, -0.2) is 4.79 Å². The molecule has 0 fully saturated rings. The molecule has 2 N–H and O–H groups in total. The summed E-state index contributed by atoms with van der Waals surface area (Å²) in [6, 6.07) is 25.8. The van der Waals surface area contributed by atoms with Gasteiger partial charge in [0, 0.05) is 12.1 Å². The highest BCUT2D eigenvalue weighted by Crippen LogP contribution is 2.35. The van der Waals surface area contributed by atoms with Crippen LogP contribution in [-0.4, -0.2) is 25.3 Å². The Kier molecular flexibility index (Phi) is 6.85. The van der Waals surface area contributed by atoms with E-state index >= 15 is 0 Å². The summed E-state index contributed by atoms with van der Waals surface area (Å²) in [5, 5.41) is 15.4. The van der Waals surface area contributed by atoms with Crippen LogP contribution in [0.1, 0.15) is 47.4 Å². The highest BCUT2D eigenvalue weighted by Gasteiger charge is 2.16. The molecule has 4 aromatic carbocycles. The zero-order valence-electron chi connectivity index (χ0n) is 19.8. The Morgan fingerprint density at radius 3 is 2.26 bits per heavy atom. The van der Waals surface area contributed by atoms with E-state index in [9.17, 15) is 9.90 Å². The number of rotatable bonds is 8. The van der Waals surface area contributed by atoms with Crippen LogP contribution in [0.25, 0.3) is 21.9 Å². The van der Waals surface area contributed by atoms with E-state index in [0.29, 0.717) is 5.75 Å². The fraction of sp³-hybridized carbons (Fsp3) is 0.207. The van der Waals surface area contributed by atoms with Crippen LogP contribution >= 0.6 is 0 Å². The Labute approximate surface area is 200 Å². The van der Waals surface area contributed by atoms with Gasteiger partial charge in [0.2, 0.25) is 0 Å². The summed E-state index contributed by atoms with van der Waals surface area (Å²) in [7, 11) is 3.22. The summed E-state index contributed by atoms with van der Waals surface area (Å²) < 4.78 is 10.8. The van der Waals surface area contributed by atoms with Crippen LogP contribution in [0.4, 0.5) is 0 Å². The maximum absolute atomic E-state index is 11.7. The number of benzene rings is 4. The van der Waals surface area contributed by atoms with Crippen molar-refractivity contribution in [3.8, 4) is 22.6 Å². The average Bonchev–Trinajstić information content (AvgIpc) is 2.87. The second-order valence-electron chi connectivity index (χ2n) is 8.43. The first-order valence-electron chi connectivity index (χ1n) is 11.2. The van der Waals surface area contributed by atoms with Gasteiger partial charge in [0.15, 0.2) is 0 Å². The fourth-order valence-corrected chi connectivity index (χ4v) is 4.30. The van der Waals surface area contributed by atoms with Gasteiger partial charge < -0.3 is 19.9 Å². The lowest BCUT2D eigenvalue weighted by Gasteiger charge is -2.23. The highest BCUT2D eigenvalue weighted by atomic mass is 16.5. The van der Waals surface area contributed by atoms with Crippen LogP contribution in [0.15, 0.2) is 78.9 Å². The van der Waals surface area contributed by atoms with Gasteiger partial charge in [-0.1, -0.05) is 36.4 Å². The van der Waals surface area contributed by atoms with Gasteiger partial charge in [-0.05, 0) is 89.3 Å². The smallest absolute Gasteiger partial charge is 0.335 e. The van der Waals surface area contributed by atoms with E-state index in [1.165, 1.54) is 6.07 Å². The summed E-state index contributed by atoms with van der Waals surface area (Å²) in [5.41, 5.74) is 4.23. The molecule has 0 aromatic heterocycles. The molecule has 34 heavy (non-hydrogen) atoms. The molecular formula is C29H29NO4. The Morgan fingerprint density at radius 1 is 0.794 bits per heavy atom. The number of carboxylic acids is 1. The number of hydrogen-bond acceptors (Lipinski definition) is 4. The van der Waals surface area contributed by atoms with Crippen LogP contribution in [0, 0.1) is 0 Å². The van der Waals surface area contributed by atoms with Crippen LogP contribution in [0.3, 0.4) is 0 Å². The maximum atomic E-state index is 11.7. The quantitative estimate of drug-likeness (QED) is 0.312. The normalized spacial score (nSPS) is 12.8. The third-order valence-electron chi connectivity index (χ3n) is 6.18. The molecule has 0 bridgehead atoms. The van der Waals surface area contributed by atoms with Crippen molar-refractivity contribution in [2.45, 2.75) is 25.9 Å². The number of carboxylic acid groups (broad SMARTS) is 1. The standard InChI is InChI=1S/C29H29NO4/c1-18(20-9-7-10-25(14-20)33-3)30-19(2)22-12-21-8-5-6-11-27(21)28(17-22)23-13-24(29(31)32)16-26(15-23)34-4/h5-19,30H,1-4H3,(H,31,32)/t18-,19?/m1/s1. The second-order valence-corrected chi connectivity index (χ2v) is 8.43. The van der Waals surface area contributed by atoms with E-state index in [4.69, 9.17) is 9.47 Å². The maximum Gasteiger partial charge on any atom is 0.335 e. The van der Waals surface area contributed by atoms with Crippen molar-refractivity contribution in [3.05, 3.63) is 95.6 Å².